The lowest BCUT2D eigenvalue weighted by atomic mass is 9.91. The van der Waals surface area contributed by atoms with Crippen molar-refractivity contribution in [3.63, 3.8) is 0 Å². The molecule has 0 aliphatic carbocycles. The average Bonchev–Trinajstić information content (AvgIpc) is 2.49. The summed E-state index contributed by atoms with van der Waals surface area (Å²) in [7, 11) is 0. The fourth-order valence-corrected chi connectivity index (χ4v) is 2.49. The molecule has 0 bridgehead atoms. The van der Waals surface area contributed by atoms with Crippen LogP contribution in [-0.2, 0) is 0 Å². The van der Waals surface area contributed by atoms with Crippen LogP contribution in [0, 0.1) is 0 Å². The van der Waals surface area contributed by atoms with Crippen LogP contribution in [0.4, 0.5) is 11.4 Å². The molecule has 0 aliphatic heterocycles. The summed E-state index contributed by atoms with van der Waals surface area (Å²) in [6, 6.07) is 21.3. The maximum absolute atomic E-state index is 2.47. The molecule has 0 spiro atoms. The third kappa shape index (κ3) is 2.81. The van der Waals surface area contributed by atoms with Crippen LogP contribution in [0.5, 0.6) is 0 Å². The molecule has 1 nitrogen and oxygen atoms in total. The van der Waals surface area contributed by atoms with Crippen LogP contribution in [0.1, 0.15) is 33.6 Å². The second kappa shape index (κ2) is 5.92. The Morgan fingerprint density at radius 3 is 1.42 bits per heavy atom. The molecule has 0 N–H and O–H groups in total. The minimum atomic E-state index is 0.142. The minimum absolute atomic E-state index is 0.142. The van der Waals surface area contributed by atoms with Gasteiger partial charge >= 0.3 is 0 Å². The first-order valence-corrected chi connectivity index (χ1v) is 7.11. The number of benzene rings is 2. The molecule has 2 aromatic rings. The van der Waals surface area contributed by atoms with Crippen molar-refractivity contribution in [3.05, 3.63) is 60.7 Å². The van der Waals surface area contributed by atoms with Crippen molar-refractivity contribution in [2.75, 3.05) is 4.90 Å². The van der Waals surface area contributed by atoms with Crippen LogP contribution >= 0.6 is 0 Å². The highest BCUT2D eigenvalue weighted by molar-refractivity contribution is 5.65. The SMILES string of the molecule is CCC(C)(CC)N(c1ccccc1)c1ccccc1. The maximum Gasteiger partial charge on any atom is 0.0418 e. The Kier molecular flexibility index (Phi) is 4.26. The molecule has 0 heterocycles. The third-order valence-corrected chi connectivity index (χ3v) is 4.09. The molecular formula is C18H23N. The Morgan fingerprint density at radius 2 is 1.11 bits per heavy atom. The summed E-state index contributed by atoms with van der Waals surface area (Å²) in [4.78, 5) is 2.47. The fraction of sp³-hybridized carbons (Fsp3) is 0.333. The molecule has 0 fully saturated rings. The number of anilines is 2. The molecule has 0 unspecified atom stereocenters. The summed E-state index contributed by atoms with van der Waals surface area (Å²) in [5.74, 6) is 0. The zero-order valence-corrected chi connectivity index (χ0v) is 12.1. The molecule has 2 aromatic carbocycles. The number of nitrogens with zero attached hydrogens (tertiary/aromatic N) is 1. The van der Waals surface area contributed by atoms with Gasteiger partial charge in [-0.2, -0.15) is 0 Å². The van der Waals surface area contributed by atoms with E-state index in [9.17, 15) is 0 Å². The Balaban J connectivity index is 2.52. The van der Waals surface area contributed by atoms with Gasteiger partial charge in [-0.25, -0.2) is 0 Å². The molecule has 100 valence electrons. The maximum atomic E-state index is 2.47. The number of hydrogen-bond donors (Lipinski definition) is 0. The largest absolute Gasteiger partial charge is 0.336 e. The summed E-state index contributed by atoms with van der Waals surface area (Å²) in [5.41, 5.74) is 2.67. The van der Waals surface area contributed by atoms with Crippen LogP contribution in [0.15, 0.2) is 60.7 Å². The van der Waals surface area contributed by atoms with Gasteiger partial charge in [-0.1, -0.05) is 50.2 Å². The van der Waals surface area contributed by atoms with Crippen LogP contribution in [0.25, 0.3) is 0 Å². The monoisotopic (exact) mass is 253 g/mol. The van der Waals surface area contributed by atoms with Crippen molar-refractivity contribution < 1.29 is 0 Å². The van der Waals surface area contributed by atoms with E-state index in [2.05, 4.69) is 86.3 Å². The Morgan fingerprint density at radius 1 is 0.737 bits per heavy atom. The first-order valence-electron chi connectivity index (χ1n) is 7.11. The molecule has 0 aliphatic rings. The normalized spacial score (nSPS) is 11.3. The third-order valence-electron chi connectivity index (χ3n) is 4.09. The molecule has 0 amide bonds. The van der Waals surface area contributed by atoms with Crippen LogP contribution in [0.2, 0.25) is 0 Å². The predicted octanol–water partition coefficient (Wildman–Crippen LogP) is 5.40. The lowest BCUT2D eigenvalue weighted by Crippen LogP contribution is -2.42. The highest BCUT2D eigenvalue weighted by atomic mass is 15.2. The van der Waals surface area contributed by atoms with Crippen molar-refractivity contribution in [3.8, 4) is 0 Å². The number of rotatable bonds is 5. The molecular weight excluding hydrogens is 230 g/mol. The topological polar surface area (TPSA) is 3.24 Å². The van der Waals surface area contributed by atoms with Crippen LogP contribution in [0.3, 0.4) is 0 Å². The van der Waals surface area contributed by atoms with Crippen LogP contribution < -0.4 is 4.90 Å². The lowest BCUT2D eigenvalue weighted by molar-refractivity contribution is 0.428. The van der Waals surface area contributed by atoms with Crippen molar-refractivity contribution in [1.82, 2.24) is 0 Å². The molecule has 0 aromatic heterocycles. The predicted molar refractivity (Wildman–Crippen MR) is 84.0 cm³/mol. The zero-order chi connectivity index (χ0) is 13.7. The van der Waals surface area contributed by atoms with Gasteiger partial charge in [0.2, 0.25) is 0 Å². The molecule has 1 heteroatoms. The highest BCUT2D eigenvalue weighted by Crippen LogP contribution is 2.36. The smallest absolute Gasteiger partial charge is 0.0418 e. The molecule has 0 atom stereocenters. The van der Waals surface area contributed by atoms with Gasteiger partial charge in [0.1, 0.15) is 0 Å². The average molecular weight is 253 g/mol. The van der Waals surface area contributed by atoms with Gasteiger partial charge < -0.3 is 4.90 Å². The lowest BCUT2D eigenvalue weighted by Gasteiger charge is -2.42. The first-order chi connectivity index (χ1) is 9.21. The van der Waals surface area contributed by atoms with Crippen molar-refractivity contribution in [1.29, 1.82) is 0 Å². The quantitative estimate of drug-likeness (QED) is 0.689. The van der Waals surface area contributed by atoms with E-state index in [-0.39, 0.29) is 5.54 Å². The van der Waals surface area contributed by atoms with Gasteiger partial charge in [0.05, 0.1) is 0 Å². The summed E-state index contributed by atoms with van der Waals surface area (Å²) >= 11 is 0. The van der Waals surface area contributed by atoms with Crippen molar-refractivity contribution >= 4 is 11.4 Å². The van der Waals surface area contributed by atoms with Crippen LogP contribution in [-0.4, -0.2) is 5.54 Å². The van der Waals surface area contributed by atoms with E-state index in [1.165, 1.54) is 11.4 Å². The van der Waals surface area contributed by atoms with E-state index in [0.29, 0.717) is 0 Å². The Hall–Kier alpha value is -1.76. The second-order valence-electron chi connectivity index (χ2n) is 5.21. The fourth-order valence-electron chi connectivity index (χ4n) is 2.49. The van der Waals surface area contributed by atoms with Gasteiger partial charge in [-0.15, -0.1) is 0 Å². The molecule has 19 heavy (non-hydrogen) atoms. The van der Waals surface area contributed by atoms with E-state index in [0.717, 1.165) is 12.8 Å². The molecule has 0 saturated carbocycles. The summed E-state index contributed by atoms with van der Waals surface area (Å²) in [6.45, 7) is 6.87. The summed E-state index contributed by atoms with van der Waals surface area (Å²) < 4.78 is 0. The zero-order valence-electron chi connectivity index (χ0n) is 12.1. The number of para-hydroxylation sites is 2. The van der Waals surface area contributed by atoms with Gasteiger partial charge in [-0.05, 0) is 44.0 Å². The van der Waals surface area contributed by atoms with E-state index in [1.807, 2.05) is 0 Å². The van der Waals surface area contributed by atoms with E-state index >= 15 is 0 Å². The van der Waals surface area contributed by atoms with E-state index in [4.69, 9.17) is 0 Å². The first kappa shape index (κ1) is 13.7. The van der Waals surface area contributed by atoms with E-state index in [1.54, 1.807) is 0 Å². The van der Waals surface area contributed by atoms with Crippen molar-refractivity contribution in [2.45, 2.75) is 39.2 Å². The van der Waals surface area contributed by atoms with Gasteiger partial charge in [0, 0.05) is 16.9 Å². The van der Waals surface area contributed by atoms with Gasteiger partial charge in [0.15, 0.2) is 0 Å². The summed E-state index contributed by atoms with van der Waals surface area (Å²) in [6.07, 6.45) is 2.24. The summed E-state index contributed by atoms with van der Waals surface area (Å²) in [5, 5.41) is 0. The second-order valence-corrected chi connectivity index (χ2v) is 5.21. The van der Waals surface area contributed by atoms with Gasteiger partial charge in [-0.3, -0.25) is 0 Å². The number of hydrogen-bond acceptors (Lipinski definition) is 1. The van der Waals surface area contributed by atoms with Gasteiger partial charge in [0.25, 0.3) is 0 Å². The molecule has 2 rings (SSSR count). The standard InChI is InChI=1S/C18H23N/c1-4-18(3,5-2)19(16-12-8-6-9-13-16)17-14-10-7-11-15-17/h6-15H,4-5H2,1-3H3. The Bertz CT molecular complexity index is 446. The molecule has 0 saturated heterocycles. The minimum Gasteiger partial charge on any atom is -0.336 e. The Labute approximate surface area is 116 Å². The molecule has 0 radical (unpaired) electrons. The van der Waals surface area contributed by atoms with Crippen molar-refractivity contribution in [2.24, 2.45) is 0 Å². The van der Waals surface area contributed by atoms with E-state index < -0.39 is 0 Å². The highest BCUT2D eigenvalue weighted by Gasteiger charge is 2.29.